The van der Waals surface area contributed by atoms with Crippen molar-refractivity contribution < 1.29 is 24.5 Å². The van der Waals surface area contributed by atoms with E-state index in [1.807, 2.05) is 42.6 Å². The van der Waals surface area contributed by atoms with E-state index in [1.165, 1.54) is 33.1 Å². The summed E-state index contributed by atoms with van der Waals surface area (Å²) in [5.74, 6) is 1.36. The molecule has 0 spiro atoms. The second kappa shape index (κ2) is 17.8. The minimum atomic E-state index is -1.23. The first-order chi connectivity index (χ1) is 31.0. The topological polar surface area (TPSA) is 56.7 Å². The van der Waals surface area contributed by atoms with Crippen LogP contribution in [0.15, 0.2) is 168 Å². The number of nitrogens with zero attached hydrogens (tertiary/aromatic N) is 4. The van der Waals surface area contributed by atoms with Crippen molar-refractivity contribution in [1.29, 1.82) is 0 Å². The molecule has 1 radical (unpaired) electrons. The van der Waals surface area contributed by atoms with E-state index in [0.717, 1.165) is 77.4 Å². The molecule has 0 bridgehead atoms. The number of hydrogen-bond donors (Lipinski definition) is 0. The molecule has 0 saturated carbocycles. The molecule has 5 nitrogen and oxygen atoms in total. The van der Waals surface area contributed by atoms with Gasteiger partial charge in [0.2, 0.25) is 0 Å². The summed E-state index contributed by atoms with van der Waals surface area (Å²) in [6.45, 7) is 16.1. The first kappa shape index (κ1) is 43.7. The molecule has 65 heavy (non-hydrogen) atoms. The van der Waals surface area contributed by atoms with E-state index in [-0.39, 0.29) is 31.9 Å². The molecule has 323 valence electrons. The minimum absolute atomic E-state index is 0. The van der Waals surface area contributed by atoms with E-state index >= 15 is 0 Å². The Hall–Kier alpha value is -6.50. The van der Waals surface area contributed by atoms with Crippen molar-refractivity contribution in [3.63, 3.8) is 0 Å². The summed E-state index contributed by atoms with van der Waals surface area (Å²) in [4.78, 5) is 15.0. The van der Waals surface area contributed by atoms with Gasteiger partial charge in [0.05, 0.1) is 41.5 Å². The van der Waals surface area contributed by atoms with Crippen LogP contribution in [0.2, 0.25) is 19.6 Å². The molecule has 0 aliphatic rings. The maximum absolute atomic E-state index is 6.75. The molecule has 11 rings (SSSR count). The van der Waals surface area contributed by atoms with Crippen molar-refractivity contribution in [3.8, 4) is 39.5 Å². The van der Waals surface area contributed by atoms with Gasteiger partial charge in [-0.15, -0.1) is 54.1 Å². The van der Waals surface area contributed by atoms with Gasteiger partial charge in [-0.05, 0) is 93.5 Å². The van der Waals surface area contributed by atoms with Crippen LogP contribution in [0.4, 0.5) is 0 Å². The second-order valence-corrected chi connectivity index (χ2v) is 23.4. The third-order valence-corrected chi connectivity index (χ3v) is 14.3. The second-order valence-electron chi connectivity index (χ2n) is 18.3. The van der Waals surface area contributed by atoms with Gasteiger partial charge in [0.15, 0.2) is 0 Å². The summed E-state index contributed by atoms with van der Waals surface area (Å²) in [5.41, 5.74) is 14.6. The fraction of sp³-hybridized carbons (Fsp3) is 0.155. The van der Waals surface area contributed by atoms with Gasteiger partial charge in [0.1, 0.15) is 5.58 Å². The van der Waals surface area contributed by atoms with Crippen molar-refractivity contribution in [2.75, 3.05) is 0 Å². The molecule has 0 atom stereocenters. The molecule has 11 aromatic rings. The van der Waals surface area contributed by atoms with Gasteiger partial charge >= 0.3 is 0 Å². The number of imidazole rings is 1. The van der Waals surface area contributed by atoms with Crippen LogP contribution in [0.1, 0.15) is 50.7 Å². The fourth-order valence-electron chi connectivity index (χ4n) is 8.82. The Balaban J connectivity index is 0.000000266. The first-order valence-electron chi connectivity index (χ1n) is 22.2. The first-order valence-corrected chi connectivity index (χ1v) is 25.7. The Morgan fingerprint density at radius 3 is 2.02 bits per heavy atom. The van der Waals surface area contributed by atoms with Gasteiger partial charge in [-0.1, -0.05) is 131 Å². The Morgan fingerprint density at radius 1 is 0.615 bits per heavy atom. The van der Waals surface area contributed by atoms with Crippen molar-refractivity contribution in [1.82, 2.24) is 19.5 Å². The molecule has 7 heteroatoms. The maximum Gasteiger partial charge on any atom is 0.123 e. The predicted molar refractivity (Wildman–Crippen MR) is 271 cm³/mol. The van der Waals surface area contributed by atoms with Crippen molar-refractivity contribution in [3.05, 3.63) is 187 Å². The van der Waals surface area contributed by atoms with Crippen LogP contribution in [0.3, 0.4) is 0 Å². The average Bonchev–Trinajstić information content (AvgIpc) is 3.90. The summed E-state index contributed by atoms with van der Waals surface area (Å²) >= 11 is 0. The van der Waals surface area contributed by atoms with Gasteiger partial charge in [0.25, 0.3) is 0 Å². The van der Waals surface area contributed by atoms with Gasteiger partial charge in [0, 0.05) is 48.1 Å². The Morgan fingerprint density at radius 2 is 1.32 bits per heavy atom. The summed E-state index contributed by atoms with van der Waals surface area (Å²) in [6.07, 6.45) is 2.02. The summed E-state index contributed by atoms with van der Waals surface area (Å²) in [7, 11) is -1.23. The normalized spacial score (nSPS) is 11.8. The number of hydrogen-bond acceptors (Lipinski definition) is 4. The molecule has 0 saturated heterocycles. The summed E-state index contributed by atoms with van der Waals surface area (Å²) in [5, 5.41) is 5.64. The predicted octanol–water partition coefficient (Wildman–Crippen LogP) is 15.1. The molecule has 0 N–H and O–H groups in total. The number of aromatic nitrogens is 4. The fourth-order valence-corrected chi connectivity index (χ4v) is 9.85. The molecular formula is C58H50IrN4OSi-2. The Kier molecular flexibility index (Phi) is 12.0. The molecule has 4 aromatic heterocycles. The zero-order valence-corrected chi connectivity index (χ0v) is 41.2. The van der Waals surface area contributed by atoms with Gasteiger partial charge in [-0.2, -0.15) is 0 Å². The van der Waals surface area contributed by atoms with E-state index in [2.05, 4.69) is 190 Å². The van der Waals surface area contributed by atoms with Crippen LogP contribution in [-0.4, -0.2) is 27.6 Å². The molecule has 0 aliphatic carbocycles. The van der Waals surface area contributed by atoms with E-state index in [1.54, 1.807) is 0 Å². The van der Waals surface area contributed by atoms with Crippen LogP contribution in [0, 0.1) is 12.1 Å². The molecule has 0 amide bonds. The molecular weight excluding hydrogens is 989 g/mol. The monoisotopic (exact) mass is 1040 g/mol. The van der Waals surface area contributed by atoms with E-state index < -0.39 is 8.07 Å². The summed E-state index contributed by atoms with van der Waals surface area (Å²) in [6, 6.07) is 61.6. The van der Waals surface area contributed by atoms with E-state index in [4.69, 9.17) is 14.4 Å². The van der Waals surface area contributed by atoms with Crippen LogP contribution < -0.4 is 5.19 Å². The maximum atomic E-state index is 6.75. The van der Waals surface area contributed by atoms with Crippen molar-refractivity contribution in [2.45, 2.75) is 59.2 Å². The van der Waals surface area contributed by atoms with Crippen molar-refractivity contribution in [2.24, 2.45) is 0 Å². The minimum Gasteiger partial charge on any atom is -0.500 e. The number of rotatable bonds is 7. The number of pyridine rings is 2. The van der Waals surface area contributed by atoms with Gasteiger partial charge in [-0.3, -0.25) is 4.98 Å². The molecule has 0 fully saturated rings. The molecule has 4 heterocycles. The molecule has 0 aliphatic heterocycles. The third kappa shape index (κ3) is 8.25. The molecule has 0 unspecified atom stereocenters. The van der Waals surface area contributed by atoms with E-state index in [0.29, 0.717) is 0 Å². The third-order valence-electron chi connectivity index (χ3n) is 12.2. The van der Waals surface area contributed by atoms with E-state index in [9.17, 15) is 0 Å². The smallest absolute Gasteiger partial charge is 0.123 e. The van der Waals surface area contributed by atoms with Crippen molar-refractivity contribution >= 4 is 68.0 Å². The van der Waals surface area contributed by atoms with Gasteiger partial charge in [-0.25, -0.2) is 4.98 Å². The number of para-hydroxylation sites is 3. The van der Waals surface area contributed by atoms with Crippen LogP contribution in [-0.2, 0) is 20.1 Å². The summed E-state index contributed by atoms with van der Waals surface area (Å²) < 4.78 is 9.11. The quantitative estimate of drug-likeness (QED) is 0.0907. The molecule has 7 aromatic carbocycles. The van der Waals surface area contributed by atoms with Crippen LogP contribution >= 0.6 is 0 Å². The zero-order valence-electron chi connectivity index (χ0n) is 37.8. The Labute approximate surface area is 395 Å². The Bertz CT molecular complexity index is 3450. The largest absolute Gasteiger partial charge is 0.500 e. The average molecular weight is 1040 g/mol. The van der Waals surface area contributed by atoms with Crippen LogP contribution in [0.25, 0.3) is 94.2 Å². The number of furan rings is 1. The van der Waals surface area contributed by atoms with Gasteiger partial charge < -0.3 is 14.0 Å². The van der Waals surface area contributed by atoms with Crippen LogP contribution in [0.5, 0.6) is 0 Å². The standard InChI is InChI=1S/C44H34N3O.C14H16NSi.Ir/c1-26(2)34-24-31(28-13-6-5-7-14-28)25-35(27(3)4)42(34)47-38-20-11-10-19-37(38)46-44(47)33-17-12-16-32-40-39(48-43(32)33)22-21-30-23-29-15-8-9-18-36(29)45-41(30)40;1-16(2,3)13-9-10-14(15-11-13)12-7-5-4-6-8-12;/h5-16,18-27H,1-4H3;4-7,9-11H,1-3H3;/q2*-1;. The zero-order chi connectivity index (χ0) is 44.1. The number of benzene rings is 7. The SMILES string of the molecule is CC(C)c1cc(-c2ccccc2)cc(C(C)C)c1-n1c(-c2[c-]ccc3c2oc2ccc4cc5ccccc5nc4c23)nc2ccccc21.C[Si](C)(C)c1ccc(-c2[c-]cccc2)nc1.[Ir]. The number of fused-ring (bicyclic) bond motifs is 7.